The van der Waals surface area contributed by atoms with E-state index in [0.29, 0.717) is 12.3 Å². The molecule has 0 heterocycles. The largest absolute Gasteiger partial charge is 0.296 e. The van der Waals surface area contributed by atoms with Crippen molar-refractivity contribution < 1.29 is 12.6 Å². The van der Waals surface area contributed by atoms with Crippen molar-refractivity contribution >= 4 is 10.1 Å². The summed E-state index contributed by atoms with van der Waals surface area (Å²) in [4.78, 5) is 0.216. The number of hydrogen-bond donors (Lipinski definition) is 0. The van der Waals surface area contributed by atoms with Crippen molar-refractivity contribution in [3.05, 3.63) is 65.7 Å². The van der Waals surface area contributed by atoms with E-state index in [-0.39, 0.29) is 11.5 Å². The van der Waals surface area contributed by atoms with Crippen LogP contribution in [-0.2, 0) is 20.7 Å². The highest BCUT2D eigenvalue weighted by molar-refractivity contribution is 7.86. The summed E-state index contributed by atoms with van der Waals surface area (Å²) in [5.41, 5.74) is 2.70. The Balaban J connectivity index is 1.51. The van der Waals surface area contributed by atoms with Crippen LogP contribution in [0.4, 0.5) is 0 Å². The molecular formula is C20H24O3S. The van der Waals surface area contributed by atoms with Crippen LogP contribution in [0.2, 0.25) is 0 Å². The minimum atomic E-state index is -3.64. The van der Waals surface area contributed by atoms with Crippen LogP contribution < -0.4 is 0 Å². The molecule has 0 N–H and O–H groups in total. The second-order valence-corrected chi connectivity index (χ2v) is 8.03. The van der Waals surface area contributed by atoms with Gasteiger partial charge in [0.2, 0.25) is 0 Å². The van der Waals surface area contributed by atoms with Gasteiger partial charge in [0.1, 0.15) is 0 Å². The molecule has 3 rings (SSSR count). The molecule has 4 heteroatoms. The molecular weight excluding hydrogens is 320 g/mol. The normalized spacial score (nSPS) is 15.7. The topological polar surface area (TPSA) is 43.4 Å². The van der Waals surface area contributed by atoms with E-state index in [1.165, 1.54) is 36.8 Å². The third-order valence-corrected chi connectivity index (χ3v) is 5.98. The maximum absolute atomic E-state index is 12.0. The van der Waals surface area contributed by atoms with Crippen LogP contribution in [0, 0.1) is 0 Å². The van der Waals surface area contributed by atoms with Gasteiger partial charge in [-0.3, -0.25) is 4.18 Å². The zero-order chi connectivity index (χ0) is 16.8. The SMILES string of the molecule is O=S(=O)(OCCCc1cccc(C2CCCC2)c1)c1ccccc1. The monoisotopic (exact) mass is 344 g/mol. The maximum Gasteiger partial charge on any atom is 0.296 e. The summed E-state index contributed by atoms with van der Waals surface area (Å²) in [7, 11) is -3.64. The van der Waals surface area contributed by atoms with Crippen LogP contribution >= 0.6 is 0 Å². The number of rotatable bonds is 7. The Bertz CT molecular complexity index is 747. The van der Waals surface area contributed by atoms with Gasteiger partial charge in [-0.05, 0) is 54.9 Å². The molecule has 1 aliphatic carbocycles. The zero-order valence-corrected chi connectivity index (χ0v) is 14.7. The van der Waals surface area contributed by atoms with E-state index in [1.54, 1.807) is 30.3 Å². The molecule has 128 valence electrons. The first-order valence-corrected chi connectivity index (χ1v) is 10.1. The Morgan fingerprint density at radius 3 is 2.46 bits per heavy atom. The minimum Gasteiger partial charge on any atom is -0.266 e. The molecule has 0 unspecified atom stereocenters. The average molecular weight is 344 g/mol. The van der Waals surface area contributed by atoms with E-state index in [0.717, 1.165) is 6.42 Å². The fourth-order valence-corrected chi connectivity index (χ4v) is 4.33. The first-order chi connectivity index (χ1) is 11.6. The highest BCUT2D eigenvalue weighted by atomic mass is 32.2. The fourth-order valence-electron chi connectivity index (χ4n) is 3.36. The standard InChI is InChI=1S/C20H24O3S/c21-24(22,20-13-2-1-3-14-20)23-15-7-9-17-8-6-12-19(16-17)18-10-4-5-11-18/h1-3,6,8,12-14,16,18H,4-5,7,9-11,15H2. The number of benzene rings is 2. The Kier molecular flexibility index (Phi) is 5.69. The van der Waals surface area contributed by atoms with Gasteiger partial charge in [-0.15, -0.1) is 0 Å². The quantitative estimate of drug-likeness (QED) is 0.541. The van der Waals surface area contributed by atoms with E-state index in [1.807, 2.05) is 0 Å². The van der Waals surface area contributed by atoms with Gasteiger partial charge in [0, 0.05) is 0 Å². The van der Waals surface area contributed by atoms with Crippen LogP contribution in [0.1, 0.15) is 49.1 Å². The minimum absolute atomic E-state index is 0.213. The Hall–Kier alpha value is -1.65. The summed E-state index contributed by atoms with van der Waals surface area (Å²) in [6.07, 6.45) is 6.79. The number of hydrogen-bond acceptors (Lipinski definition) is 3. The second-order valence-electron chi connectivity index (χ2n) is 6.42. The molecule has 3 nitrogen and oxygen atoms in total. The highest BCUT2D eigenvalue weighted by Crippen LogP contribution is 2.34. The van der Waals surface area contributed by atoms with Crippen molar-refractivity contribution in [3.8, 4) is 0 Å². The van der Waals surface area contributed by atoms with Gasteiger partial charge in [-0.25, -0.2) is 0 Å². The summed E-state index contributed by atoms with van der Waals surface area (Å²) >= 11 is 0. The second kappa shape index (κ2) is 7.95. The molecule has 1 fully saturated rings. The van der Waals surface area contributed by atoms with Gasteiger partial charge in [0.15, 0.2) is 0 Å². The molecule has 0 amide bonds. The van der Waals surface area contributed by atoms with Crippen molar-refractivity contribution in [2.75, 3.05) is 6.61 Å². The predicted octanol–water partition coefficient (Wildman–Crippen LogP) is 4.68. The molecule has 0 aliphatic heterocycles. The molecule has 1 aliphatic rings. The van der Waals surface area contributed by atoms with Crippen molar-refractivity contribution in [1.82, 2.24) is 0 Å². The summed E-state index contributed by atoms with van der Waals surface area (Å²) in [6.45, 7) is 0.213. The Morgan fingerprint density at radius 1 is 0.958 bits per heavy atom. The van der Waals surface area contributed by atoms with Gasteiger partial charge in [-0.1, -0.05) is 55.3 Å². The molecule has 0 radical (unpaired) electrons. The van der Waals surface area contributed by atoms with Gasteiger partial charge >= 0.3 is 0 Å². The van der Waals surface area contributed by atoms with Crippen molar-refractivity contribution in [1.29, 1.82) is 0 Å². The molecule has 24 heavy (non-hydrogen) atoms. The zero-order valence-electron chi connectivity index (χ0n) is 13.9. The lowest BCUT2D eigenvalue weighted by Crippen LogP contribution is -2.08. The lowest BCUT2D eigenvalue weighted by atomic mass is 9.95. The Morgan fingerprint density at radius 2 is 1.71 bits per heavy atom. The molecule has 1 saturated carbocycles. The first-order valence-electron chi connectivity index (χ1n) is 8.68. The molecule has 0 atom stereocenters. The van der Waals surface area contributed by atoms with Gasteiger partial charge in [0.25, 0.3) is 10.1 Å². The lowest BCUT2D eigenvalue weighted by Gasteiger charge is -2.11. The van der Waals surface area contributed by atoms with E-state index in [4.69, 9.17) is 4.18 Å². The van der Waals surface area contributed by atoms with Crippen LogP contribution in [0.15, 0.2) is 59.5 Å². The van der Waals surface area contributed by atoms with Crippen LogP contribution in [-0.4, -0.2) is 15.0 Å². The molecule has 2 aromatic rings. The molecule has 0 spiro atoms. The van der Waals surface area contributed by atoms with Crippen LogP contribution in [0.5, 0.6) is 0 Å². The molecule has 2 aromatic carbocycles. The maximum atomic E-state index is 12.0. The summed E-state index contributed by atoms with van der Waals surface area (Å²) in [5.74, 6) is 0.708. The lowest BCUT2D eigenvalue weighted by molar-refractivity contribution is 0.312. The van der Waals surface area contributed by atoms with Gasteiger partial charge < -0.3 is 0 Å². The van der Waals surface area contributed by atoms with Crippen molar-refractivity contribution in [2.45, 2.75) is 49.3 Å². The van der Waals surface area contributed by atoms with Crippen LogP contribution in [0.25, 0.3) is 0 Å². The third kappa shape index (κ3) is 4.46. The smallest absolute Gasteiger partial charge is 0.266 e. The highest BCUT2D eigenvalue weighted by Gasteiger charge is 2.17. The average Bonchev–Trinajstić information content (AvgIpc) is 3.15. The summed E-state index contributed by atoms with van der Waals surface area (Å²) in [6, 6.07) is 17.0. The number of aryl methyl sites for hydroxylation is 1. The van der Waals surface area contributed by atoms with Gasteiger partial charge in [0.05, 0.1) is 11.5 Å². The summed E-state index contributed by atoms with van der Waals surface area (Å²) in [5, 5.41) is 0. The first kappa shape index (κ1) is 17.2. The molecule has 0 aromatic heterocycles. The van der Waals surface area contributed by atoms with Crippen molar-refractivity contribution in [2.24, 2.45) is 0 Å². The molecule has 0 saturated heterocycles. The van der Waals surface area contributed by atoms with Crippen LogP contribution in [0.3, 0.4) is 0 Å². The van der Waals surface area contributed by atoms with Crippen molar-refractivity contribution in [3.63, 3.8) is 0 Å². The van der Waals surface area contributed by atoms with E-state index >= 15 is 0 Å². The van der Waals surface area contributed by atoms with E-state index < -0.39 is 10.1 Å². The Labute approximate surface area is 144 Å². The predicted molar refractivity (Wildman–Crippen MR) is 95.6 cm³/mol. The third-order valence-electron chi connectivity index (χ3n) is 4.66. The molecule has 0 bridgehead atoms. The van der Waals surface area contributed by atoms with E-state index in [2.05, 4.69) is 24.3 Å². The van der Waals surface area contributed by atoms with E-state index in [9.17, 15) is 8.42 Å². The summed E-state index contributed by atoms with van der Waals surface area (Å²) < 4.78 is 29.2. The van der Waals surface area contributed by atoms with Gasteiger partial charge in [-0.2, -0.15) is 8.42 Å². The fraction of sp³-hybridized carbons (Fsp3) is 0.400.